The van der Waals surface area contributed by atoms with Crippen molar-refractivity contribution in [3.63, 3.8) is 0 Å². The van der Waals surface area contributed by atoms with Crippen molar-refractivity contribution in [2.45, 2.75) is 0 Å². The number of benzene rings is 3. The number of hydrogen-bond acceptors (Lipinski definition) is 2. The van der Waals surface area contributed by atoms with Crippen LogP contribution in [0.15, 0.2) is 116 Å². The third kappa shape index (κ3) is 3.72. The third-order valence-electron chi connectivity index (χ3n) is 5.38. The van der Waals surface area contributed by atoms with Gasteiger partial charge in [-0.25, -0.2) is 0 Å². The van der Waals surface area contributed by atoms with Crippen molar-refractivity contribution in [2.24, 2.45) is 0 Å². The van der Waals surface area contributed by atoms with E-state index in [1.807, 2.05) is 36.8 Å². The zero-order chi connectivity index (χ0) is 21.0. The van der Waals surface area contributed by atoms with Gasteiger partial charge >= 0.3 is 0 Å². The first-order chi connectivity index (χ1) is 15.3. The Labute approximate surface area is 185 Å². The molecule has 2 nitrogen and oxygen atoms in total. The summed E-state index contributed by atoms with van der Waals surface area (Å²) in [6.07, 6.45) is 7.46. The van der Waals surface area contributed by atoms with Crippen LogP contribution in [0.2, 0.25) is 0 Å². The Hall–Kier alpha value is -3.82. The molecule has 3 aromatic carbocycles. The lowest BCUT2D eigenvalue weighted by molar-refractivity contribution is 1.32. The van der Waals surface area contributed by atoms with E-state index >= 15 is 0 Å². The van der Waals surface area contributed by atoms with E-state index in [1.165, 1.54) is 16.7 Å². The molecule has 3 radical (unpaired) electrons. The van der Waals surface area contributed by atoms with Crippen LogP contribution in [0.3, 0.4) is 0 Å². The van der Waals surface area contributed by atoms with Gasteiger partial charge < -0.3 is 0 Å². The summed E-state index contributed by atoms with van der Waals surface area (Å²) in [7, 11) is 3.95. The van der Waals surface area contributed by atoms with E-state index in [2.05, 4.69) is 93.0 Å². The van der Waals surface area contributed by atoms with Crippen molar-refractivity contribution in [3.05, 3.63) is 116 Å². The summed E-state index contributed by atoms with van der Waals surface area (Å²) in [5.74, 6) is 0. The molecule has 0 aliphatic heterocycles. The van der Waals surface area contributed by atoms with Crippen LogP contribution in [-0.4, -0.2) is 20.2 Å². The van der Waals surface area contributed by atoms with Crippen molar-refractivity contribution in [2.75, 3.05) is 0 Å². The van der Waals surface area contributed by atoms with E-state index < -0.39 is 0 Å². The smallest absolute Gasteiger partial charge is 0.0721 e. The predicted octanol–water partition coefficient (Wildman–Crippen LogP) is 5.94. The van der Waals surface area contributed by atoms with Gasteiger partial charge in [0, 0.05) is 35.9 Å². The maximum atomic E-state index is 4.43. The van der Waals surface area contributed by atoms with Gasteiger partial charge in [-0.1, -0.05) is 84.0 Å². The van der Waals surface area contributed by atoms with Crippen LogP contribution in [0.1, 0.15) is 0 Å². The number of hydrogen-bond donors (Lipinski definition) is 0. The van der Waals surface area contributed by atoms with Gasteiger partial charge in [0.05, 0.1) is 10.2 Å². The first-order valence-corrected chi connectivity index (χ1v) is 10.7. The molecule has 0 saturated heterocycles. The van der Waals surface area contributed by atoms with Gasteiger partial charge in [0.2, 0.25) is 0 Å². The first-order valence-electron chi connectivity index (χ1n) is 10.2. The van der Waals surface area contributed by atoms with Crippen LogP contribution in [0, 0.1) is 0 Å². The van der Waals surface area contributed by atoms with Gasteiger partial charge in [0.25, 0.3) is 0 Å². The van der Waals surface area contributed by atoms with Crippen molar-refractivity contribution in [3.8, 4) is 44.5 Å². The molecule has 5 aromatic rings. The van der Waals surface area contributed by atoms with Crippen LogP contribution in [0.5, 0.6) is 0 Å². The molecule has 31 heavy (non-hydrogen) atoms. The van der Waals surface area contributed by atoms with E-state index in [-0.39, 0.29) is 0 Å². The van der Waals surface area contributed by atoms with Crippen LogP contribution in [0.25, 0.3) is 44.5 Å². The number of aromatic nitrogens is 2. The first kappa shape index (κ1) is 19.2. The lowest BCUT2D eigenvalue weighted by Crippen LogP contribution is -2.11. The molecule has 0 fully saturated rings. The van der Waals surface area contributed by atoms with Gasteiger partial charge in [0.15, 0.2) is 0 Å². The molecule has 2 heterocycles. The molecule has 0 atom stereocenters. The molecule has 0 saturated carbocycles. The quantitative estimate of drug-likeness (QED) is 0.342. The van der Waals surface area contributed by atoms with E-state index in [4.69, 9.17) is 0 Å². The molecular weight excluding hydrogens is 392 g/mol. The zero-order valence-corrected chi connectivity index (χ0v) is 17.9. The molecule has 0 amide bonds. The summed E-state index contributed by atoms with van der Waals surface area (Å²) in [5.41, 5.74) is 9.06. The SMILES string of the molecule is [Si]c1cc(-c2ccccc2)c(-c2ccccc2)c(-c2cccnc2)c1-c1cccnc1. The van der Waals surface area contributed by atoms with Gasteiger partial charge in [-0.2, -0.15) is 0 Å². The Morgan fingerprint density at radius 3 is 1.55 bits per heavy atom. The number of nitrogens with zero attached hydrogens (tertiary/aromatic N) is 2. The topological polar surface area (TPSA) is 25.8 Å². The van der Waals surface area contributed by atoms with E-state index in [1.54, 1.807) is 6.20 Å². The summed E-state index contributed by atoms with van der Waals surface area (Å²) in [5, 5.41) is 1.02. The molecule has 2 aromatic heterocycles. The Morgan fingerprint density at radius 1 is 0.484 bits per heavy atom. The predicted molar refractivity (Wildman–Crippen MR) is 129 cm³/mol. The molecule has 3 heteroatoms. The molecule has 0 unspecified atom stereocenters. The average Bonchev–Trinajstić information content (AvgIpc) is 2.85. The Balaban J connectivity index is 1.95. The molecule has 5 rings (SSSR count). The standard InChI is InChI=1S/C28H19N2Si/c31-25-17-24(20-9-3-1-4-10-20)26(21-11-5-2-6-12-21)28(23-14-8-16-30-19-23)27(25)22-13-7-15-29-18-22/h1-19H. The van der Waals surface area contributed by atoms with E-state index in [9.17, 15) is 0 Å². The van der Waals surface area contributed by atoms with E-state index in [0.717, 1.165) is 33.0 Å². The molecule has 0 aliphatic carbocycles. The monoisotopic (exact) mass is 411 g/mol. The van der Waals surface area contributed by atoms with Gasteiger partial charge in [-0.3, -0.25) is 9.97 Å². The van der Waals surface area contributed by atoms with Crippen molar-refractivity contribution in [1.82, 2.24) is 9.97 Å². The molecular formula is C28H19N2Si. The second-order valence-corrected chi connectivity index (χ2v) is 7.85. The fourth-order valence-corrected chi connectivity index (χ4v) is 4.46. The van der Waals surface area contributed by atoms with Crippen LogP contribution < -0.4 is 5.19 Å². The minimum absolute atomic E-state index is 1.02. The van der Waals surface area contributed by atoms with Crippen molar-refractivity contribution in [1.29, 1.82) is 0 Å². The normalized spacial score (nSPS) is 10.7. The zero-order valence-electron chi connectivity index (χ0n) is 16.9. The highest BCUT2D eigenvalue weighted by Gasteiger charge is 2.21. The highest BCUT2D eigenvalue weighted by atomic mass is 28.1. The highest BCUT2D eigenvalue weighted by molar-refractivity contribution is 6.38. The van der Waals surface area contributed by atoms with Crippen LogP contribution in [-0.2, 0) is 0 Å². The second-order valence-electron chi connectivity index (χ2n) is 7.31. The average molecular weight is 412 g/mol. The molecule has 0 spiro atoms. The lowest BCUT2D eigenvalue weighted by atomic mass is 9.83. The van der Waals surface area contributed by atoms with Crippen LogP contribution in [0.4, 0.5) is 0 Å². The Kier molecular flexibility index (Phi) is 5.25. The second kappa shape index (κ2) is 8.50. The van der Waals surface area contributed by atoms with Crippen molar-refractivity contribution >= 4 is 15.4 Å². The number of rotatable bonds is 4. The minimum Gasteiger partial charge on any atom is -0.264 e. The van der Waals surface area contributed by atoms with E-state index in [0.29, 0.717) is 0 Å². The van der Waals surface area contributed by atoms with Crippen molar-refractivity contribution < 1.29 is 0 Å². The van der Waals surface area contributed by atoms with Gasteiger partial charge in [-0.05, 0) is 45.5 Å². The fraction of sp³-hybridized carbons (Fsp3) is 0. The summed E-state index contributed by atoms with van der Waals surface area (Å²) < 4.78 is 0. The Morgan fingerprint density at radius 2 is 1.00 bits per heavy atom. The lowest BCUT2D eigenvalue weighted by Gasteiger charge is -2.22. The highest BCUT2D eigenvalue weighted by Crippen LogP contribution is 2.44. The molecule has 0 N–H and O–H groups in total. The largest absolute Gasteiger partial charge is 0.264 e. The maximum absolute atomic E-state index is 4.43. The maximum Gasteiger partial charge on any atom is 0.0721 e. The molecule has 145 valence electrons. The third-order valence-corrected chi connectivity index (χ3v) is 5.77. The van der Waals surface area contributed by atoms with Gasteiger partial charge in [0.1, 0.15) is 0 Å². The van der Waals surface area contributed by atoms with Crippen LogP contribution >= 0.6 is 0 Å². The summed E-state index contributed by atoms with van der Waals surface area (Å²) >= 11 is 0. The number of pyridine rings is 2. The molecule has 0 bridgehead atoms. The summed E-state index contributed by atoms with van der Waals surface area (Å²) in [6, 6.07) is 31.5. The summed E-state index contributed by atoms with van der Waals surface area (Å²) in [6.45, 7) is 0. The minimum atomic E-state index is 1.02. The van der Waals surface area contributed by atoms with Gasteiger partial charge in [-0.15, -0.1) is 0 Å². The fourth-order valence-electron chi connectivity index (χ4n) is 4.04. The Bertz CT molecular complexity index is 1300. The summed E-state index contributed by atoms with van der Waals surface area (Å²) in [4.78, 5) is 8.81. The molecule has 0 aliphatic rings.